The molecule has 0 atom stereocenters. The number of hydrogen-bond acceptors (Lipinski definition) is 3. The first-order chi connectivity index (χ1) is 9.58. The summed E-state index contributed by atoms with van der Waals surface area (Å²) in [4.78, 5) is 11.2. The average Bonchev–Trinajstić information content (AvgIpc) is 2.85. The Hall–Kier alpha value is -2.69. The van der Waals surface area contributed by atoms with Crippen LogP contribution < -0.4 is 0 Å². The molecule has 0 saturated carbocycles. The maximum atomic E-state index is 11.2. The molecule has 2 aromatic carbocycles. The number of carbonyl (C=O) groups is 1. The highest BCUT2D eigenvalue weighted by Gasteiger charge is 2.14. The summed E-state index contributed by atoms with van der Waals surface area (Å²) in [5.41, 5.74) is 4.48. The van der Waals surface area contributed by atoms with Crippen LogP contribution in [0.3, 0.4) is 0 Å². The summed E-state index contributed by atoms with van der Waals surface area (Å²) in [6.07, 6.45) is 0. The summed E-state index contributed by atoms with van der Waals surface area (Å²) in [7, 11) is 0. The predicted octanol–water partition coefficient (Wildman–Crippen LogP) is 2.74. The molecule has 1 N–H and O–H groups in total. The molecular weight excluding hydrogens is 254 g/mol. The number of aryl methyl sites for hydroxylation is 2. The molecule has 0 saturated heterocycles. The second-order valence-electron chi connectivity index (χ2n) is 4.75. The molecule has 0 radical (unpaired) electrons. The van der Waals surface area contributed by atoms with Crippen molar-refractivity contribution >= 4 is 17.0 Å². The fourth-order valence-electron chi connectivity index (χ4n) is 2.17. The number of aromatic carboxylic acids is 1. The molecule has 0 spiro atoms. The van der Waals surface area contributed by atoms with Crippen LogP contribution in [0.25, 0.3) is 16.7 Å². The largest absolute Gasteiger partial charge is 0.478 e. The number of rotatable bonds is 2. The molecule has 0 amide bonds. The maximum absolute atomic E-state index is 11.2. The summed E-state index contributed by atoms with van der Waals surface area (Å²) in [6, 6.07) is 11.0. The monoisotopic (exact) mass is 267 g/mol. The molecule has 0 fully saturated rings. The van der Waals surface area contributed by atoms with Crippen LogP contribution in [0.5, 0.6) is 0 Å². The maximum Gasteiger partial charge on any atom is 0.338 e. The first-order valence-corrected chi connectivity index (χ1v) is 6.23. The SMILES string of the molecule is Cc1ccc(-n2nnc3c(C(=O)O)cccc32)cc1C. The van der Waals surface area contributed by atoms with Crippen LogP contribution in [0.4, 0.5) is 0 Å². The zero-order chi connectivity index (χ0) is 14.3. The standard InChI is InChI=1S/C15H13N3O2/c1-9-6-7-11(8-10(9)2)18-13-5-3-4-12(15(19)20)14(13)16-17-18/h3-8H,1-2H3,(H,19,20). The molecular formula is C15H13N3O2. The van der Waals surface area contributed by atoms with Gasteiger partial charge < -0.3 is 5.11 Å². The van der Waals surface area contributed by atoms with Crippen LogP contribution in [0, 0.1) is 13.8 Å². The molecule has 3 rings (SSSR count). The van der Waals surface area contributed by atoms with E-state index >= 15 is 0 Å². The van der Waals surface area contributed by atoms with Gasteiger partial charge in [0.2, 0.25) is 0 Å². The lowest BCUT2D eigenvalue weighted by molar-refractivity contribution is 0.0699. The van der Waals surface area contributed by atoms with Gasteiger partial charge in [-0.25, -0.2) is 9.48 Å². The van der Waals surface area contributed by atoms with Crippen molar-refractivity contribution in [3.8, 4) is 5.69 Å². The van der Waals surface area contributed by atoms with E-state index in [-0.39, 0.29) is 5.56 Å². The van der Waals surface area contributed by atoms with E-state index in [9.17, 15) is 4.79 Å². The van der Waals surface area contributed by atoms with Crippen molar-refractivity contribution in [2.75, 3.05) is 0 Å². The minimum atomic E-state index is -0.997. The van der Waals surface area contributed by atoms with E-state index in [2.05, 4.69) is 10.3 Å². The normalized spacial score (nSPS) is 10.9. The molecule has 100 valence electrons. The van der Waals surface area contributed by atoms with Crippen LogP contribution in [-0.4, -0.2) is 26.1 Å². The van der Waals surface area contributed by atoms with Crippen LogP contribution >= 0.6 is 0 Å². The Labute approximate surface area is 115 Å². The van der Waals surface area contributed by atoms with Crippen molar-refractivity contribution in [3.05, 3.63) is 53.1 Å². The first-order valence-electron chi connectivity index (χ1n) is 6.23. The third-order valence-corrected chi connectivity index (χ3v) is 3.44. The van der Waals surface area contributed by atoms with Crippen molar-refractivity contribution < 1.29 is 9.90 Å². The molecule has 20 heavy (non-hydrogen) atoms. The van der Waals surface area contributed by atoms with Crippen molar-refractivity contribution in [1.82, 2.24) is 15.0 Å². The van der Waals surface area contributed by atoms with Crippen molar-refractivity contribution in [2.45, 2.75) is 13.8 Å². The summed E-state index contributed by atoms with van der Waals surface area (Å²) in [6.45, 7) is 4.07. The highest BCUT2D eigenvalue weighted by molar-refractivity contribution is 6.00. The van der Waals surface area contributed by atoms with Crippen LogP contribution in [0.2, 0.25) is 0 Å². The van der Waals surface area contributed by atoms with Gasteiger partial charge in [0.25, 0.3) is 0 Å². The third kappa shape index (κ3) is 1.84. The van der Waals surface area contributed by atoms with E-state index in [1.54, 1.807) is 10.7 Å². The first kappa shape index (κ1) is 12.3. The van der Waals surface area contributed by atoms with Gasteiger partial charge in [-0.1, -0.05) is 17.3 Å². The summed E-state index contributed by atoms with van der Waals surface area (Å²) in [5.74, 6) is -0.997. The van der Waals surface area contributed by atoms with E-state index in [1.807, 2.05) is 38.1 Å². The van der Waals surface area contributed by atoms with Gasteiger partial charge in [-0.3, -0.25) is 0 Å². The lowest BCUT2D eigenvalue weighted by atomic mass is 10.1. The Morgan fingerprint density at radius 1 is 1.15 bits per heavy atom. The Morgan fingerprint density at radius 2 is 1.95 bits per heavy atom. The molecule has 0 bridgehead atoms. The molecule has 5 heteroatoms. The smallest absolute Gasteiger partial charge is 0.338 e. The van der Waals surface area contributed by atoms with Crippen molar-refractivity contribution in [3.63, 3.8) is 0 Å². The third-order valence-electron chi connectivity index (χ3n) is 3.44. The van der Waals surface area contributed by atoms with E-state index in [1.165, 1.54) is 11.6 Å². The highest BCUT2D eigenvalue weighted by Crippen LogP contribution is 2.21. The topological polar surface area (TPSA) is 68.0 Å². The number of nitrogens with zero attached hydrogens (tertiary/aromatic N) is 3. The van der Waals surface area contributed by atoms with Gasteiger partial charge in [0.15, 0.2) is 0 Å². The molecule has 5 nitrogen and oxygen atoms in total. The fourth-order valence-corrected chi connectivity index (χ4v) is 2.17. The van der Waals surface area contributed by atoms with Crippen molar-refractivity contribution in [1.29, 1.82) is 0 Å². The Morgan fingerprint density at radius 3 is 2.65 bits per heavy atom. The van der Waals surface area contributed by atoms with E-state index in [0.29, 0.717) is 11.0 Å². The molecule has 0 aliphatic rings. The van der Waals surface area contributed by atoms with Crippen LogP contribution in [0.1, 0.15) is 21.5 Å². The zero-order valence-electron chi connectivity index (χ0n) is 11.2. The lowest BCUT2D eigenvalue weighted by Gasteiger charge is -2.05. The summed E-state index contributed by atoms with van der Waals surface area (Å²) < 4.78 is 1.66. The minimum absolute atomic E-state index is 0.164. The fraction of sp³-hybridized carbons (Fsp3) is 0.133. The number of aromatic nitrogens is 3. The molecule has 0 aliphatic heterocycles. The van der Waals surface area contributed by atoms with Gasteiger partial charge in [0.1, 0.15) is 5.52 Å². The number of benzene rings is 2. The van der Waals surface area contributed by atoms with Gasteiger partial charge in [-0.2, -0.15) is 0 Å². The van der Waals surface area contributed by atoms with E-state index in [4.69, 9.17) is 5.11 Å². The van der Waals surface area contributed by atoms with E-state index in [0.717, 1.165) is 11.3 Å². The average molecular weight is 267 g/mol. The number of hydrogen-bond donors (Lipinski definition) is 1. The molecule has 1 heterocycles. The van der Waals surface area contributed by atoms with Gasteiger partial charge in [-0.05, 0) is 49.2 Å². The van der Waals surface area contributed by atoms with Gasteiger partial charge in [-0.15, -0.1) is 5.10 Å². The van der Waals surface area contributed by atoms with Gasteiger partial charge in [0.05, 0.1) is 16.8 Å². The summed E-state index contributed by atoms with van der Waals surface area (Å²) >= 11 is 0. The van der Waals surface area contributed by atoms with Crippen LogP contribution in [-0.2, 0) is 0 Å². The van der Waals surface area contributed by atoms with E-state index < -0.39 is 5.97 Å². The predicted molar refractivity (Wildman–Crippen MR) is 75.3 cm³/mol. The summed E-state index contributed by atoms with van der Waals surface area (Å²) in [5, 5.41) is 17.2. The Kier molecular flexibility index (Phi) is 2.75. The zero-order valence-corrected chi connectivity index (χ0v) is 11.2. The molecule has 0 aliphatic carbocycles. The number of carboxylic acids is 1. The number of fused-ring (bicyclic) bond motifs is 1. The second-order valence-corrected chi connectivity index (χ2v) is 4.75. The van der Waals surface area contributed by atoms with Gasteiger partial charge >= 0.3 is 5.97 Å². The van der Waals surface area contributed by atoms with Crippen LogP contribution in [0.15, 0.2) is 36.4 Å². The Bertz CT molecular complexity index is 821. The van der Waals surface area contributed by atoms with Gasteiger partial charge in [0, 0.05) is 0 Å². The highest BCUT2D eigenvalue weighted by atomic mass is 16.4. The van der Waals surface area contributed by atoms with Crippen molar-refractivity contribution in [2.24, 2.45) is 0 Å². The molecule has 1 aromatic heterocycles. The Balaban J connectivity index is 2.25. The second kappa shape index (κ2) is 4.45. The minimum Gasteiger partial charge on any atom is -0.478 e. The quantitative estimate of drug-likeness (QED) is 0.775. The molecule has 0 unspecified atom stereocenters. The number of carboxylic acid groups (broad SMARTS) is 1. The lowest BCUT2D eigenvalue weighted by Crippen LogP contribution is -1.99. The molecule has 3 aromatic rings.